The maximum absolute atomic E-state index is 12.6. The lowest BCUT2D eigenvalue weighted by atomic mass is 9.99. The number of likely N-dealkylation sites (tertiary alicyclic amines) is 1. The summed E-state index contributed by atoms with van der Waals surface area (Å²) in [7, 11) is 0. The zero-order valence-corrected chi connectivity index (χ0v) is 26.4. The summed E-state index contributed by atoms with van der Waals surface area (Å²) >= 11 is 0. The van der Waals surface area contributed by atoms with Gasteiger partial charge in [0.15, 0.2) is 0 Å². The van der Waals surface area contributed by atoms with Crippen molar-refractivity contribution in [3.8, 4) is 12.1 Å². The Labute approximate surface area is 269 Å². The summed E-state index contributed by atoms with van der Waals surface area (Å²) in [6, 6.07) is 15.2. The number of carbonyl (C=O) groups is 2. The fraction of sp³-hybridized carbons (Fsp3) is 0.457. The van der Waals surface area contributed by atoms with E-state index in [9.17, 15) is 20.0 Å². The number of piperazine rings is 1. The first-order valence-electron chi connectivity index (χ1n) is 16.1. The second kappa shape index (κ2) is 13.7. The molecule has 0 aliphatic carbocycles. The molecule has 2 atom stereocenters. The zero-order valence-electron chi connectivity index (χ0n) is 26.4. The number of benzene rings is 2. The van der Waals surface area contributed by atoms with Crippen LogP contribution in [0.4, 0.5) is 11.5 Å². The summed E-state index contributed by atoms with van der Waals surface area (Å²) in [6.45, 7) is 10.4. The van der Waals surface area contributed by atoms with E-state index >= 15 is 0 Å². The van der Waals surface area contributed by atoms with E-state index in [0.717, 1.165) is 49.4 Å². The van der Waals surface area contributed by atoms with Crippen molar-refractivity contribution in [3.05, 3.63) is 65.9 Å². The molecular formula is C35H41N7O4. The molecule has 3 aromatic rings. The number of anilines is 2. The number of nitrogens with zero attached hydrogens (tertiary/aromatic N) is 7. The van der Waals surface area contributed by atoms with Crippen molar-refractivity contribution >= 4 is 34.2 Å². The highest BCUT2D eigenvalue weighted by Gasteiger charge is 2.34. The number of amides is 1. The van der Waals surface area contributed by atoms with Crippen LogP contribution in [-0.2, 0) is 22.6 Å². The monoisotopic (exact) mass is 623 g/mol. The number of aliphatic carboxylic acids is 1. The smallest absolute Gasteiger partial charge is 0.318 e. The van der Waals surface area contributed by atoms with Gasteiger partial charge in [0.2, 0.25) is 5.91 Å². The van der Waals surface area contributed by atoms with Crippen molar-refractivity contribution in [1.82, 2.24) is 19.8 Å². The molecule has 11 nitrogen and oxygen atoms in total. The largest absolute Gasteiger partial charge is 0.481 e. The zero-order chi connectivity index (χ0) is 32.2. The van der Waals surface area contributed by atoms with Gasteiger partial charge in [0.1, 0.15) is 12.4 Å². The molecule has 1 aromatic heterocycles. The number of carboxylic acids is 1. The van der Waals surface area contributed by atoms with Gasteiger partial charge in [-0.3, -0.25) is 14.5 Å². The first kappa shape index (κ1) is 31.3. The van der Waals surface area contributed by atoms with Crippen LogP contribution in [0.2, 0.25) is 0 Å². The molecule has 0 saturated carbocycles. The van der Waals surface area contributed by atoms with Gasteiger partial charge in [-0.25, -0.2) is 0 Å². The van der Waals surface area contributed by atoms with Crippen LogP contribution in [0, 0.1) is 18.3 Å². The predicted octanol–water partition coefficient (Wildman–Crippen LogP) is 3.94. The van der Waals surface area contributed by atoms with Gasteiger partial charge in [-0.15, -0.1) is 0 Å². The lowest BCUT2D eigenvalue weighted by Crippen LogP contribution is -2.55. The van der Waals surface area contributed by atoms with Gasteiger partial charge in [0.25, 0.3) is 0 Å². The molecule has 46 heavy (non-hydrogen) atoms. The van der Waals surface area contributed by atoms with E-state index in [4.69, 9.17) is 14.7 Å². The van der Waals surface area contributed by atoms with Crippen LogP contribution in [0.3, 0.4) is 0 Å². The predicted molar refractivity (Wildman–Crippen MR) is 176 cm³/mol. The number of hydrogen-bond acceptors (Lipinski definition) is 9. The Kier molecular flexibility index (Phi) is 9.35. The summed E-state index contributed by atoms with van der Waals surface area (Å²) in [6.07, 6.45) is 4.30. The summed E-state index contributed by atoms with van der Waals surface area (Å²) in [5.41, 5.74) is 4.39. The number of rotatable bonds is 10. The molecular weight excluding hydrogens is 582 g/mol. The number of aromatic nitrogens is 2. The van der Waals surface area contributed by atoms with Crippen LogP contribution in [-0.4, -0.2) is 94.7 Å². The normalized spacial score (nSPS) is 20.0. The second-order valence-corrected chi connectivity index (χ2v) is 12.4. The van der Waals surface area contributed by atoms with Gasteiger partial charge in [0, 0.05) is 55.4 Å². The van der Waals surface area contributed by atoms with Crippen molar-refractivity contribution < 1.29 is 19.4 Å². The molecule has 3 aliphatic rings. The fourth-order valence-corrected chi connectivity index (χ4v) is 7.21. The highest BCUT2D eigenvalue weighted by atomic mass is 16.5. The maximum atomic E-state index is 12.6. The molecule has 0 bridgehead atoms. The minimum absolute atomic E-state index is 0.101. The van der Waals surface area contributed by atoms with E-state index in [2.05, 4.69) is 70.7 Å². The summed E-state index contributed by atoms with van der Waals surface area (Å²) in [4.78, 5) is 42.2. The topological polar surface area (TPSA) is 126 Å². The molecule has 1 amide bonds. The van der Waals surface area contributed by atoms with E-state index in [1.165, 1.54) is 28.1 Å². The van der Waals surface area contributed by atoms with Crippen LogP contribution >= 0.6 is 0 Å². The summed E-state index contributed by atoms with van der Waals surface area (Å²) in [5.74, 6) is -0.167. The van der Waals surface area contributed by atoms with Crippen LogP contribution in [0.15, 0.2) is 49.1 Å². The average molecular weight is 624 g/mol. The van der Waals surface area contributed by atoms with Crippen LogP contribution in [0.1, 0.15) is 42.5 Å². The van der Waals surface area contributed by atoms with Crippen molar-refractivity contribution in [2.45, 2.75) is 57.7 Å². The van der Waals surface area contributed by atoms with Crippen molar-refractivity contribution in [1.29, 1.82) is 5.26 Å². The Morgan fingerprint density at radius 2 is 1.93 bits per heavy atom. The van der Waals surface area contributed by atoms with Crippen LogP contribution in [0.25, 0.3) is 10.8 Å². The van der Waals surface area contributed by atoms with Crippen molar-refractivity contribution in [2.24, 2.45) is 0 Å². The number of carbonyl (C=O) groups excluding carboxylic acids is 1. The Morgan fingerprint density at radius 3 is 2.72 bits per heavy atom. The van der Waals surface area contributed by atoms with Gasteiger partial charge in [0.05, 0.1) is 37.2 Å². The third kappa shape index (κ3) is 6.49. The van der Waals surface area contributed by atoms with Crippen LogP contribution in [0.5, 0.6) is 6.01 Å². The molecule has 3 aliphatic heterocycles. The SMILES string of the molecule is C=CC(=O)N1CCN(c2nc(OC[C@@H]3CCCN3CCC(=O)O)nc3c2CCN(c2cccc4cccc(C)c24)C3)C[C@@H]1CC#N. The fourth-order valence-electron chi connectivity index (χ4n) is 7.21. The molecule has 4 heterocycles. The highest BCUT2D eigenvalue weighted by molar-refractivity contribution is 5.97. The van der Waals surface area contributed by atoms with Gasteiger partial charge in [-0.05, 0) is 55.8 Å². The molecule has 2 fully saturated rings. The first-order chi connectivity index (χ1) is 22.4. The Hall–Kier alpha value is -4.69. The average Bonchev–Trinajstić information content (AvgIpc) is 3.52. The van der Waals surface area contributed by atoms with E-state index < -0.39 is 5.97 Å². The maximum Gasteiger partial charge on any atom is 0.318 e. The third-order valence-corrected chi connectivity index (χ3v) is 9.54. The van der Waals surface area contributed by atoms with Crippen molar-refractivity contribution in [3.63, 3.8) is 0 Å². The van der Waals surface area contributed by atoms with E-state index in [1.54, 1.807) is 4.90 Å². The van der Waals surface area contributed by atoms with E-state index in [0.29, 0.717) is 45.3 Å². The quantitative estimate of drug-likeness (QED) is 0.332. The minimum Gasteiger partial charge on any atom is -0.481 e. The number of carboxylic acid groups (broad SMARTS) is 1. The Morgan fingerprint density at radius 1 is 1.11 bits per heavy atom. The minimum atomic E-state index is -0.801. The Balaban J connectivity index is 1.31. The van der Waals surface area contributed by atoms with Gasteiger partial charge < -0.3 is 24.5 Å². The van der Waals surface area contributed by atoms with E-state index in [1.807, 2.05) is 0 Å². The molecule has 240 valence electrons. The molecule has 0 radical (unpaired) electrons. The standard InChI is InChI=1S/C35H41N7O4/c1-3-31(43)42-20-19-41(21-26(42)12-15-36)34-28-13-17-40(30-11-5-9-25-8-4-7-24(2)33(25)30)22-29(28)37-35(38-34)46-23-27-10-6-16-39(27)18-14-32(44)45/h3-5,7-9,11,26-27H,1,6,10,12-14,16-23H2,2H3,(H,44,45)/t26-,27-/m0/s1. The van der Waals surface area contributed by atoms with Gasteiger partial charge in [-0.2, -0.15) is 15.2 Å². The molecule has 11 heteroatoms. The summed E-state index contributed by atoms with van der Waals surface area (Å²) in [5, 5.41) is 21.2. The number of ether oxygens (including phenoxy) is 1. The lowest BCUT2D eigenvalue weighted by Gasteiger charge is -2.42. The van der Waals surface area contributed by atoms with Crippen molar-refractivity contribution in [2.75, 3.05) is 55.7 Å². The lowest BCUT2D eigenvalue weighted by molar-refractivity contribution is -0.137. The first-order valence-corrected chi connectivity index (χ1v) is 16.1. The molecule has 1 N–H and O–H groups in total. The van der Waals surface area contributed by atoms with Crippen LogP contribution < -0.4 is 14.5 Å². The Bertz CT molecular complexity index is 1670. The number of hydrogen-bond donors (Lipinski definition) is 1. The number of nitriles is 1. The number of aryl methyl sites for hydroxylation is 1. The summed E-state index contributed by atoms with van der Waals surface area (Å²) < 4.78 is 6.32. The second-order valence-electron chi connectivity index (χ2n) is 12.4. The molecule has 2 saturated heterocycles. The molecule has 2 aromatic carbocycles. The molecule has 6 rings (SSSR count). The highest BCUT2D eigenvalue weighted by Crippen LogP contribution is 2.36. The third-order valence-electron chi connectivity index (χ3n) is 9.54. The number of fused-ring (bicyclic) bond motifs is 2. The molecule has 0 spiro atoms. The molecule has 0 unspecified atom stereocenters. The van der Waals surface area contributed by atoms with Gasteiger partial charge >= 0.3 is 12.0 Å². The van der Waals surface area contributed by atoms with Gasteiger partial charge in [-0.1, -0.05) is 36.9 Å². The van der Waals surface area contributed by atoms with E-state index in [-0.39, 0.29) is 30.8 Å².